The highest BCUT2D eigenvalue weighted by atomic mass is 32.2. The van der Waals surface area contributed by atoms with Crippen LogP contribution in [0, 0.1) is 5.41 Å². The average molecular weight is 395 g/mol. The Labute approximate surface area is 161 Å². The molecule has 2 saturated heterocycles. The topological polar surface area (TPSA) is 95.7 Å². The van der Waals surface area contributed by atoms with Crippen LogP contribution in [0.25, 0.3) is 0 Å². The van der Waals surface area contributed by atoms with Crippen molar-refractivity contribution >= 4 is 21.6 Å². The molecule has 1 unspecified atom stereocenters. The molecule has 0 spiro atoms. The SMILES string of the molecule is CC1(CN)CCN(CCC(=O)Nc2ccc(S(=O)(=O)N3CCCC3)cc2)C1. The summed E-state index contributed by atoms with van der Waals surface area (Å²) in [4.78, 5) is 14.8. The van der Waals surface area contributed by atoms with Gasteiger partial charge >= 0.3 is 0 Å². The first-order valence-corrected chi connectivity index (χ1v) is 11.1. The minimum absolute atomic E-state index is 0.0634. The molecule has 0 bridgehead atoms. The second-order valence-electron chi connectivity index (χ2n) is 7.97. The number of likely N-dealkylation sites (tertiary alicyclic amines) is 1. The molecule has 1 aromatic carbocycles. The zero-order valence-electron chi connectivity index (χ0n) is 16.0. The molecule has 3 N–H and O–H groups in total. The molecule has 2 aliphatic rings. The number of nitrogens with two attached hydrogens (primary N) is 1. The van der Waals surface area contributed by atoms with Crippen molar-refractivity contribution in [3.8, 4) is 0 Å². The number of benzene rings is 1. The second kappa shape index (κ2) is 8.26. The van der Waals surface area contributed by atoms with Gasteiger partial charge in [-0.05, 0) is 62.0 Å². The Morgan fingerprint density at radius 1 is 1.19 bits per heavy atom. The number of carbonyl (C=O) groups excluding carboxylic acids is 1. The summed E-state index contributed by atoms with van der Waals surface area (Å²) < 4.78 is 26.6. The number of nitrogens with zero attached hydrogens (tertiary/aromatic N) is 2. The Morgan fingerprint density at radius 2 is 1.85 bits per heavy atom. The Hall–Kier alpha value is -1.48. The minimum atomic E-state index is -3.42. The number of amides is 1. The molecule has 0 radical (unpaired) electrons. The molecule has 3 rings (SSSR count). The summed E-state index contributed by atoms with van der Waals surface area (Å²) in [5.74, 6) is -0.0634. The average Bonchev–Trinajstić information content (AvgIpc) is 3.31. The minimum Gasteiger partial charge on any atom is -0.330 e. The van der Waals surface area contributed by atoms with E-state index < -0.39 is 10.0 Å². The van der Waals surface area contributed by atoms with Gasteiger partial charge in [0.2, 0.25) is 15.9 Å². The maximum atomic E-state index is 12.5. The monoisotopic (exact) mass is 394 g/mol. The van der Waals surface area contributed by atoms with Crippen LogP contribution in [0.4, 0.5) is 5.69 Å². The van der Waals surface area contributed by atoms with Gasteiger partial charge in [-0.3, -0.25) is 4.79 Å². The van der Waals surface area contributed by atoms with Crippen molar-refractivity contribution in [2.24, 2.45) is 11.1 Å². The van der Waals surface area contributed by atoms with Gasteiger partial charge in [0.05, 0.1) is 4.90 Å². The van der Waals surface area contributed by atoms with Gasteiger partial charge < -0.3 is 16.0 Å². The van der Waals surface area contributed by atoms with Gasteiger partial charge in [0.25, 0.3) is 0 Å². The van der Waals surface area contributed by atoms with Crippen LogP contribution in [-0.2, 0) is 14.8 Å². The van der Waals surface area contributed by atoms with Crippen molar-refractivity contribution in [2.45, 2.75) is 37.5 Å². The van der Waals surface area contributed by atoms with E-state index in [1.165, 1.54) is 4.31 Å². The third kappa shape index (κ3) is 4.87. The summed E-state index contributed by atoms with van der Waals surface area (Å²) in [5.41, 5.74) is 6.60. The van der Waals surface area contributed by atoms with Gasteiger partial charge in [-0.15, -0.1) is 0 Å². The van der Waals surface area contributed by atoms with E-state index in [0.29, 0.717) is 38.3 Å². The van der Waals surface area contributed by atoms with Gasteiger partial charge in [-0.2, -0.15) is 4.31 Å². The summed E-state index contributed by atoms with van der Waals surface area (Å²) in [6.07, 6.45) is 3.30. The molecular weight excluding hydrogens is 364 g/mol. The largest absolute Gasteiger partial charge is 0.330 e. The van der Waals surface area contributed by atoms with Crippen LogP contribution >= 0.6 is 0 Å². The summed E-state index contributed by atoms with van der Waals surface area (Å²) in [5, 5.41) is 2.85. The molecule has 2 heterocycles. The maximum Gasteiger partial charge on any atom is 0.243 e. The number of nitrogens with one attached hydrogen (secondary N) is 1. The van der Waals surface area contributed by atoms with Crippen LogP contribution in [0.3, 0.4) is 0 Å². The first-order valence-electron chi connectivity index (χ1n) is 9.65. The van der Waals surface area contributed by atoms with Crippen molar-refractivity contribution < 1.29 is 13.2 Å². The summed E-state index contributed by atoms with van der Waals surface area (Å²) in [6, 6.07) is 6.44. The second-order valence-corrected chi connectivity index (χ2v) is 9.91. The van der Waals surface area contributed by atoms with Crippen molar-refractivity contribution in [2.75, 3.05) is 44.6 Å². The third-order valence-corrected chi connectivity index (χ3v) is 7.54. The van der Waals surface area contributed by atoms with Crippen molar-refractivity contribution in [1.29, 1.82) is 0 Å². The Kier molecular flexibility index (Phi) is 6.20. The molecule has 27 heavy (non-hydrogen) atoms. The lowest BCUT2D eigenvalue weighted by atomic mass is 9.90. The number of anilines is 1. The van der Waals surface area contributed by atoms with E-state index in [1.807, 2.05) is 0 Å². The number of sulfonamides is 1. The number of rotatable bonds is 7. The Morgan fingerprint density at radius 3 is 2.44 bits per heavy atom. The van der Waals surface area contributed by atoms with E-state index >= 15 is 0 Å². The van der Waals surface area contributed by atoms with Crippen LogP contribution in [-0.4, -0.2) is 62.8 Å². The van der Waals surface area contributed by atoms with Crippen LogP contribution in [0.1, 0.15) is 32.6 Å². The Bertz CT molecular complexity index is 760. The highest BCUT2D eigenvalue weighted by Crippen LogP contribution is 2.28. The quantitative estimate of drug-likeness (QED) is 0.730. The predicted molar refractivity (Wildman–Crippen MR) is 106 cm³/mol. The zero-order chi connectivity index (χ0) is 19.5. The molecule has 1 amide bonds. The molecule has 1 atom stereocenters. The molecule has 2 fully saturated rings. The maximum absolute atomic E-state index is 12.5. The molecule has 0 saturated carbocycles. The standard InChI is InChI=1S/C19H30N4O3S/c1-19(14-20)9-13-22(15-19)12-8-18(24)21-16-4-6-17(7-5-16)27(25,26)23-10-2-3-11-23/h4-7H,2-3,8-15,20H2,1H3,(H,21,24). The van der Waals surface area contributed by atoms with E-state index in [4.69, 9.17) is 5.73 Å². The van der Waals surface area contributed by atoms with Gasteiger partial charge in [0, 0.05) is 38.3 Å². The lowest BCUT2D eigenvalue weighted by molar-refractivity contribution is -0.116. The van der Waals surface area contributed by atoms with Gasteiger partial charge in [-0.25, -0.2) is 8.42 Å². The molecule has 8 heteroatoms. The molecular formula is C19H30N4O3S. The highest BCUT2D eigenvalue weighted by molar-refractivity contribution is 7.89. The fourth-order valence-corrected chi connectivity index (χ4v) is 5.27. The smallest absolute Gasteiger partial charge is 0.243 e. The van der Waals surface area contributed by atoms with Crippen LogP contribution in [0.5, 0.6) is 0 Å². The number of hydrogen-bond acceptors (Lipinski definition) is 5. The lowest BCUT2D eigenvalue weighted by Crippen LogP contribution is -2.32. The molecule has 0 aromatic heterocycles. The van der Waals surface area contributed by atoms with E-state index in [2.05, 4.69) is 17.1 Å². The summed E-state index contributed by atoms with van der Waals surface area (Å²) in [6.45, 7) is 6.64. The molecule has 0 aliphatic carbocycles. The van der Waals surface area contributed by atoms with Crippen molar-refractivity contribution in [3.63, 3.8) is 0 Å². The summed E-state index contributed by atoms with van der Waals surface area (Å²) in [7, 11) is -3.42. The fraction of sp³-hybridized carbons (Fsp3) is 0.632. The van der Waals surface area contributed by atoms with Gasteiger partial charge in [0.1, 0.15) is 0 Å². The van der Waals surface area contributed by atoms with E-state index in [0.717, 1.165) is 32.4 Å². The van der Waals surface area contributed by atoms with E-state index in [1.54, 1.807) is 24.3 Å². The first-order chi connectivity index (χ1) is 12.8. The van der Waals surface area contributed by atoms with Crippen molar-refractivity contribution in [3.05, 3.63) is 24.3 Å². The van der Waals surface area contributed by atoms with Crippen LogP contribution < -0.4 is 11.1 Å². The third-order valence-electron chi connectivity index (χ3n) is 5.63. The van der Waals surface area contributed by atoms with E-state index in [-0.39, 0.29) is 16.2 Å². The fourth-order valence-electron chi connectivity index (χ4n) is 3.75. The highest BCUT2D eigenvalue weighted by Gasteiger charge is 2.32. The molecule has 2 aliphatic heterocycles. The van der Waals surface area contributed by atoms with Crippen LogP contribution in [0.2, 0.25) is 0 Å². The molecule has 7 nitrogen and oxygen atoms in total. The first kappa shape index (κ1) is 20.3. The summed E-state index contributed by atoms with van der Waals surface area (Å²) >= 11 is 0. The molecule has 150 valence electrons. The van der Waals surface area contributed by atoms with Crippen LogP contribution in [0.15, 0.2) is 29.2 Å². The van der Waals surface area contributed by atoms with E-state index in [9.17, 15) is 13.2 Å². The lowest BCUT2D eigenvalue weighted by Gasteiger charge is -2.22. The van der Waals surface area contributed by atoms with Gasteiger partial charge in [0.15, 0.2) is 0 Å². The molecule has 1 aromatic rings. The van der Waals surface area contributed by atoms with Crippen molar-refractivity contribution in [1.82, 2.24) is 9.21 Å². The normalized spacial score (nSPS) is 24.4. The number of carbonyl (C=O) groups is 1. The number of hydrogen-bond donors (Lipinski definition) is 2. The van der Waals surface area contributed by atoms with Gasteiger partial charge in [-0.1, -0.05) is 6.92 Å². The zero-order valence-corrected chi connectivity index (χ0v) is 16.8. The predicted octanol–water partition coefficient (Wildman–Crippen LogP) is 1.47. The Balaban J connectivity index is 1.50.